The molecule has 0 radical (unpaired) electrons. The van der Waals surface area contributed by atoms with Gasteiger partial charge in [-0.15, -0.1) is 0 Å². The van der Waals surface area contributed by atoms with Gasteiger partial charge in [0.1, 0.15) is 5.75 Å². The Labute approximate surface area is 164 Å². The predicted octanol–water partition coefficient (Wildman–Crippen LogP) is 4.34. The number of amides is 2. The lowest BCUT2D eigenvalue weighted by molar-refractivity contribution is -0.117. The summed E-state index contributed by atoms with van der Waals surface area (Å²) in [5.74, 6) is 0.587. The van der Waals surface area contributed by atoms with Crippen LogP contribution in [0.1, 0.15) is 25.8 Å². The normalized spacial score (nSPS) is 10.9. The first-order valence-corrected chi connectivity index (χ1v) is 9.29. The van der Waals surface area contributed by atoms with Crippen molar-refractivity contribution in [1.82, 2.24) is 4.98 Å². The van der Waals surface area contributed by atoms with Gasteiger partial charge in [0, 0.05) is 35.3 Å². The fraction of sp³-hybridized carbons (Fsp3) is 0.273. The smallest absolute Gasteiger partial charge is 0.228 e. The molecule has 0 aliphatic heterocycles. The number of nitrogens with one attached hydrogen (secondary N) is 3. The van der Waals surface area contributed by atoms with Gasteiger partial charge in [0.2, 0.25) is 11.8 Å². The molecule has 146 valence electrons. The van der Waals surface area contributed by atoms with Crippen molar-refractivity contribution in [3.8, 4) is 5.75 Å². The second-order valence-corrected chi connectivity index (χ2v) is 7.15. The van der Waals surface area contributed by atoms with Crippen LogP contribution < -0.4 is 15.4 Å². The molecule has 0 fully saturated rings. The van der Waals surface area contributed by atoms with Crippen LogP contribution in [0.3, 0.4) is 0 Å². The van der Waals surface area contributed by atoms with Gasteiger partial charge >= 0.3 is 0 Å². The van der Waals surface area contributed by atoms with E-state index in [9.17, 15) is 9.59 Å². The maximum atomic E-state index is 12.5. The average Bonchev–Trinajstić information content (AvgIpc) is 3.05. The van der Waals surface area contributed by atoms with Crippen molar-refractivity contribution >= 4 is 34.1 Å². The molecule has 0 unspecified atom stereocenters. The van der Waals surface area contributed by atoms with E-state index in [1.807, 2.05) is 44.3 Å². The molecule has 0 aliphatic carbocycles. The number of para-hydroxylation sites is 1. The van der Waals surface area contributed by atoms with Crippen LogP contribution in [0.4, 0.5) is 11.4 Å². The molecule has 0 spiro atoms. The third kappa shape index (κ3) is 4.71. The lowest BCUT2D eigenvalue weighted by atomic mass is 10.1. The number of aromatic amines is 1. The molecule has 0 saturated heterocycles. The Morgan fingerprint density at radius 1 is 1.07 bits per heavy atom. The van der Waals surface area contributed by atoms with Gasteiger partial charge in [-0.05, 0) is 29.7 Å². The van der Waals surface area contributed by atoms with Crippen LogP contribution in [-0.4, -0.2) is 23.9 Å². The molecule has 3 rings (SSSR count). The Morgan fingerprint density at radius 3 is 2.61 bits per heavy atom. The molecule has 6 nitrogen and oxygen atoms in total. The summed E-state index contributed by atoms with van der Waals surface area (Å²) in [6.45, 7) is 3.98. The molecule has 2 amide bonds. The first kappa shape index (κ1) is 19.5. The molecule has 0 aliphatic rings. The zero-order valence-electron chi connectivity index (χ0n) is 16.3. The first-order valence-electron chi connectivity index (χ1n) is 9.29. The number of fused-ring (bicyclic) bond motifs is 1. The molecule has 3 N–H and O–H groups in total. The highest BCUT2D eigenvalue weighted by molar-refractivity contribution is 5.97. The molecule has 28 heavy (non-hydrogen) atoms. The van der Waals surface area contributed by atoms with Crippen molar-refractivity contribution in [2.45, 2.75) is 26.7 Å². The third-order valence-corrected chi connectivity index (χ3v) is 4.38. The van der Waals surface area contributed by atoms with Crippen molar-refractivity contribution < 1.29 is 14.3 Å². The number of ether oxygens (including phenoxy) is 1. The van der Waals surface area contributed by atoms with Gasteiger partial charge in [-0.25, -0.2) is 0 Å². The van der Waals surface area contributed by atoms with Gasteiger partial charge < -0.3 is 20.4 Å². The van der Waals surface area contributed by atoms with Crippen LogP contribution >= 0.6 is 0 Å². The van der Waals surface area contributed by atoms with Crippen LogP contribution in [-0.2, 0) is 16.0 Å². The van der Waals surface area contributed by atoms with Gasteiger partial charge in [0.05, 0.1) is 19.2 Å². The SMILES string of the molecule is COc1cc(NC(=O)Cc2c[nH]c3ccccc23)ccc1NC(=O)CC(C)C. The molecule has 1 aromatic heterocycles. The van der Waals surface area contributed by atoms with Crippen molar-refractivity contribution in [2.24, 2.45) is 5.92 Å². The van der Waals surface area contributed by atoms with E-state index >= 15 is 0 Å². The van der Waals surface area contributed by atoms with E-state index in [0.717, 1.165) is 16.5 Å². The molecule has 1 heterocycles. The van der Waals surface area contributed by atoms with Crippen LogP contribution in [0.5, 0.6) is 5.75 Å². The number of methoxy groups -OCH3 is 1. The number of rotatable bonds is 7. The first-order chi connectivity index (χ1) is 13.5. The molecule has 2 aromatic carbocycles. The number of aromatic nitrogens is 1. The number of anilines is 2. The van der Waals surface area contributed by atoms with Crippen LogP contribution in [0.25, 0.3) is 10.9 Å². The summed E-state index contributed by atoms with van der Waals surface area (Å²) in [5, 5.41) is 6.78. The number of hydrogen-bond acceptors (Lipinski definition) is 3. The van der Waals surface area contributed by atoms with E-state index in [2.05, 4.69) is 15.6 Å². The van der Waals surface area contributed by atoms with E-state index in [4.69, 9.17) is 4.74 Å². The molecule has 3 aromatic rings. The highest BCUT2D eigenvalue weighted by Crippen LogP contribution is 2.28. The number of carbonyl (C=O) groups excluding carboxylic acids is 2. The number of hydrogen-bond donors (Lipinski definition) is 3. The summed E-state index contributed by atoms with van der Waals surface area (Å²) < 4.78 is 5.37. The van der Waals surface area contributed by atoms with Gasteiger partial charge in [-0.1, -0.05) is 32.0 Å². The van der Waals surface area contributed by atoms with E-state index in [0.29, 0.717) is 23.5 Å². The van der Waals surface area contributed by atoms with Crippen molar-refractivity contribution in [3.05, 3.63) is 54.2 Å². The van der Waals surface area contributed by atoms with E-state index in [1.54, 1.807) is 18.2 Å². The predicted molar refractivity (Wildman–Crippen MR) is 112 cm³/mol. The van der Waals surface area contributed by atoms with Crippen molar-refractivity contribution in [2.75, 3.05) is 17.7 Å². The molecule has 0 bridgehead atoms. The fourth-order valence-electron chi connectivity index (χ4n) is 3.10. The topological polar surface area (TPSA) is 83.2 Å². The van der Waals surface area contributed by atoms with Gasteiger partial charge in [-0.3, -0.25) is 9.59 Å². The summed E-state index contributed by atoms with van der Waals surface area (Å²) in [6, 6.07) is 13.1. The molecule has 6 heteroatoms. The number of carbonyl (C=O) groups is 2. The third-order valence-electron chi connectivity index (χ3n) is 4.38. The minimum absolute atomic E-state index is 0.0654. The Balaban J connectivity index is 1.68. The molecular formula is C22H25N3O3. The second kappa shape index (κ2) is 8.61. The fourth-order valence-corrected chi connectivity index (χ4v) is 3.10. The quantitative estimate of drug-likeness (QED) is 0.571. The van der Waals surface area contributed by atoms with Crippen molar-refractivity contribution in [1.29, 1.82) is 0 Å². The largest absolute Gasteiger partial charge is 0.494 e. The average molecular weight is 379 g/mol. The summed E-state index contributed by atoms with van der Waals surface area (Å²) >= 11 is 0. The molecule has 0 atom stereocenters. The Kier molecular flexibility index (Phi) is 5.99. The maximum Gasteiger partial charge on any atom is 0.228 e. The second-order valence-electron chi connectivity index (χ2n) is 7.15. The van der Waals surface area contributed by atoms with E-state index in [1.165, 1.54) is 7.11 Å². The van der Waals surface area contributed by atoms with Crippen molar-refractivity contribution in [3.63, 3.8) is 0 Å². The summed E-state index contributed by atoms with van der Waals surface area (Å²) in [5.41, 5.74) is 3.15. The maximum absolute atomic E-state index is 12.5. The Hall–Kier alpha value is -3.28. The minimum Gasteiger partial charge on any atom is -0.494 e. The number of H-pyrrole nitrogens is 1. The highest BCUT2D eigenvalue weighted by atomic mass is 16.5. The lowest BCUT2D eigenvalue weighted by Crippen LogP contribution is -2.16. The minimum atomic E-state index is -0.122. The van der Waals surface area contributed by atoms with E-state index in [-0.39, 0.29) is 24.2 Å². The van der Waals surface area contributed by atoms with Crippen LogP contribution in [0.2, 0.25) is 0 Å². The summed E-state index contributed by atoms with van der Waals surface area (Å²) in [4.78, 5) is 27.6. The van der Waals surface area contributed by atoms with Gasteiger partial charge in [0.25, 0.3) is 0 Å². The summed E-state index contributed by atoms with van der Waals surface area (Å²) in [7, 11) is 1.53. The summed E-state index contributed by atoms with van der Waals surface area (Å²) in [6.07, 6.45) is 2.56. The van der Waals surface area contributed by atoms with Crippen LogP contribution in [0, 0.1) is 5.92 Å². The monoisotopic (exact) mass is 379 g/mol. The standard InChI is InChI=1S/C22H25N3O3/c1-14(2)10-21(26)25-19-9-8-16(12-20(19)28-3)24-22(27)11-15-13-23-18-7-5-4-6-17(15)18/h4-9,12-14,23H,10-11H2,1-3H3,(H,24,27)(H,25,26). The Bertz CT molecular complexity index is 992. The van der Waals surface area contributed by atoms with Gasteiger partial charge in [0.15, 0.2) is 0 Å². The van der Waals surface area contributed by atoms with Gasteiger partial charge in [-0.2, -0.15) is 0 Å². The Morgan fingerprint density at radius 2 is 1.86 bits per heavy atom. The zero-order chi connectivity index (χ0) is 20.1. The molecular weight excluding hydrogens is 354 g/mol. The van der Waals surface area contributed by atoms with E-state index < -0.39 is 0 Å². The molecule has 0 saturated carbocycles. The number of benzene rings is 2. The highest BCUT2D eigenvalue weighted by Gasteiger charge is 2.12. The lowest BCUT2D eigenvalue weighted by Gasteiger charge is -2.13. The van der Waals surface area contributed by atoms with Crippen LogP contribution in [0.15, 0.2) is 48.7 Å². The zero-order valence-corrected chi connectivity index (χ0v) is 16.3.